The van der Waals surface area contributed by atoms with Gasteiger partial charge >= 0.3 is 0 Å². The molecule has 8 nitrogen and oxygen atoms in total. The van der Waals surface area contributed by atoms with Crippen LogP contribution in [-0.4, -0.2) is 62.9 Å². The van der Waals surface area contributed by atoms with E-state index >= 15 is 0 Å². The maximum absolute atomic E-state index is 5.62. The van der Waals surface area contributed by atoms with E-state index in [2.05, 4.69) is 48.9 Å². The van der Waals surface area contributed by atoms with Gasteiger partial charge in [-0.3, -0.25) is 4.99 Å². The quantitative estimate of drug-likeness (QED) is 0.561. The van der Waals surface area contributed by atoms with E-state index < -0.39 is 0 Å². The summed E-state index contributed by atoms with van der Waals surface area (Å²) in [6, 6.07) is 4.15. The van der Waals surface area contributed by atoms with Crippen molar-refractivity contribution >= 4 is 28.2 Å². The molecule has 1 aliphatic rings. The molecule has 0 spiro atoms. The third kappa shape index (κ3) is 5.56. The minimum absolute atomic E-state index is 0.235. The zero-order valence-electron chi connectivity index (χ0n) is 17.0. The van der Waals surface area contributed by atoms with Crippen LogP contribution in [0.25, 0.3) is 0 Å². The van der Waals surface area contributed by atoms with Crippen molar-refractivity contribution < 1.29 is 4.74 Å². The van der Waals surface area contributed by atoms with E-state index in [1.165, 1.54) is 0 Å². The minimum Gasteiger partial charge on any atom is -0.375 e. The van der Waals surface area contributed by atoms with Crippen LogP contribution in [0.5, 0.6) is 0 Å². The molecule has 2 aromatic rings. The van der Waals surface area contributed by atoms with E-state index in [4.69, 9.17) is 4.74 Å². The van der Waals surface area contributed by atoms with Gasteiger partial charge in [0.15, 0.2) is 11.1 Å². The van der Waals surface area contributed by atoms with E-state index in [1.807, 2.05) is 31.3 Å². The van der Waals surface area contributed by atoms with Crippen molar-refractivity contribution in [2.45, 2.75) is 26.1 Å². The molecule has 2 aromatic heterocycles. The van der Waals surface area contributed by atoms with Gasteiger partial charge in [0.1, 0.15) is 5.82 Å². The van der Waals surface area contributed by atoms with Crippen molar-refractivity contribution in [1.29, 1.82) is 0 Å². The Hall–Kier alpha value is -2.39. The first-order chi connectivity index (χ1) is 13.5. The Labute approximate surface area is 170 Å². The molecule has 0 saturated carbocycles. The Balaban J connectivity index is 1.52. The summed E-state index contributed by atoms with van der Waals surface area (Å²) in [4.78, 5) is 17.7. The molecule has 2 N–H and O–H groups in total. The number of hydrogen-bond acceptors (Lipinski definition) is 7. The predicted molar refractivity (Wildman–Crippen MR) is 115 cm³/mol. The fourth-order valence-corrected chi connectivity index (χ4v) is 3.69. The number of anilines is 2. The summed E-state index contributed by atoms with van der Waals surface area (Å²) in [6.07, 6.45) is 2.10. The summed E-state index contributed by atoms with van der Waals surface area (Å²) < 4.78 is 5.62. The molecule has 0 aliphatic carbocycles. The van der Waals surface area contributed by atoms with Crippen molar-refractivity contribution in [3.8, 4) is 0 Å². The molecule has 1 aliphatic heterocycles. The molecular formula is C19H29N7OS. The summed E-state index contributed by atoms with van der Waals surface area (Å²) in [7, 11) is 5.77. The highest BCUT2D eigenvalue weighted by molar-refractivity contribution is 7.13. The average Bonchev–Trinajstić information content (AvgIpc) is 3.18. The zero-order valence-corrected chi connectivity index (χ0v) is 17.8. The highest BCUT2D eigenvalue weighted by Gasteiger charge is 2.18. The fourth-order valence-electron chi connectivity index (χ4n) is 2.93. The number of nitrogens with one attached hydrogen (secondary N) is 2. The molecule has 0 amide bonds. The van der Waals surface area contributed by atoms with Crippen LogP contribution < -0.4 is 20.4 Å². The number of hydrogen-bond donors (Lipinski definition) is 2. The van der Waals surface area contributed by atoms with E-state index in [0.717, 1.165) is 47.9 Å². The van der Waals surface area contributed by atoms with E-state index in [9.17, 15) is 0 Å². The van der Waals surface area contributed by atoms with E-state index in [-0.39, 0.29) is 6.10 Å². The van der Waals surface area contributed by atoms with Crippen LogP contribution >= 0.6 is 11.3 Å². The van der Waals surface area contributed by atoms with Crippen LogP contribution in [0.1, 0.15) is 18.2 Å². The summed E-state index contributed by atoms with van der Waals surface area (Å²) in [5, 5.41) is 9.74. The lowest BCUT2D eigenvalue weighted by molar-refractivity contribution is 0.0529. The highest BCUT2D eigenvalue weighted by Crippen LogP contribution is 2.18. The first kappa shape index (κ1) is 20.3. The molecular weight excluding hydrogens is 374 g/mol. The first-order valence-corrected chi connectivity index (χ1v) is 10.3. The lowest BCUT2D eigenvalue weighted by Crippen LogP contribution is -2.41. The van der Waals surface area contributed by atoms with Crippen LogP contribution in [-0.2, 0) is 17.8 Å². The predicted octanol–water partition coefficient (Wildman–Crippen LogP) is 1.69. The molecule has 0 bridgehead atoms. The maximum atomic E-state index is 5.62. The van der Waals surface area contributed by atoms with Gasteiger partial charge in [-0.25, -0.2) is 9.97 Å². The Morgan fingerprint density at radius 2 is 2.21 bits per heavy atom. The Morgan fingerprint density at radius 3 is 2.93 bits per heavy atom. The number of aliphatic imine (C=N–C) groups is 1. The molecule has 152 valence electrons. The number of aromatic nitrogens is 2. The second kappa shape index (κ2) is 9.70. The Kier molecular flexibility index (Phi) is 7.05. The van der Waals surface area contributed by atoms with Crippen LogP contribution in [0.4, 0.5) is 10.9 Å². The number of ether oxygens (including phenoxy) is 1. The third-order valence-corrected chi connectivity index (χ3v) is 5.47. The Bertz CT molecular complexity index is 792. The third-order valence-electron chi connectivity index (χ3n) is 4.42. The fraction of sp³-hybridized carbons (Fsp3) is 0.526. The number of guanidine groups is 1. The van der Waals surface area contributed by atoms with Gasteiger partial charge in [-0.2, -0.15) is 0 Å². The topological polar surface area (TPSA) is 77.9 Å². The lowest BCUT2D eigenvalue weighted by Gasteiger charge is -2.32. The lowest BCUT2D eigenvalue weighted by atomic mass is 10.2. The average molecular weight is 404 g/mol. The molecule has 0 aromatic carbocycles. The van der Waals surface area contributed by atoms with Crippen LogP contribution in [0.3, 0.4) is 0 Å². The van der Waals surface area contributed by atoms with Crippen molar-refractivity contribution in [1.82, 2.24) is 20.6 Å². The van der Waals surface area contributed by atoms with E-state index in [1.54, 1.807) is 18.4 Å². The van der Waals surface area contributed by atoms with Gasteiger partial charge < -0.3 is 25.2 Å². The van der Waals surface area contributed by atoms with Gasteiger partial charge in [-0.05, 0) is 24.6 Å². The second-order valence-electron chi connectivity index (χ2n) is 6.94. The van der Waals surface area contributed by atoms with Crippen LogP contribution in [0.2, 0.25) is 0 Å². The molecule has 3 rings (SSSR count). The van der Waals surface area contributed by atoms with Crippen molar-refractivity contribution in [3.05, 3.63) is 35.0 Å². The molecule has 3 heterocycles. The first-order valence-electron chi connectivity index (χ1n) is 9.43. The highest BCUT2D eigenvalue weighted by atomic mass is 32.1. The van der Waals surface area contributed by atoms with Gasteiger partial charge in [0, 0.05) is 52.4 Å². The SMILES string of the molecule is CN=C(NCc1ccnc(N2CCOC(C)C2)c1)NCc1csc(N(C)C)n1. The van der Waals surface area contributed by atoms with Gasteiger partial charge in [0.25, 0.3) is 0 Å². The monoisotopic (exact) mass is 403 g/mol. The number of thiazole rings is 1. The van der Waals surface area contributed by atoms with E-state index in [0.29, 0.717) is 13.1 Å². The largest absolute Gasteiger partial charge is 0.375 e. The second-order valence-corrected chi connectivity index (χ2v) is 7.78. The standard InChI is InChI=1S/C19H29N7OS/c1-14-12-26(7-8-27-14)17-9-15(5-6-21-17)10-22-18(20-2)23-11-16-13-28-19(24-16)25(3)4/h5-6,9,13-14H,7-8,10-12H2,1-4H3,(H2,20,22,23). The molecule has 1 fully saturated rings. The van der Waals surface area contributed by atoms with Crippen molar-refractivity contribution in [2.24, 2.45) is 4.99 Å². The smallest absolute Gasteiger partial charge is 0.191 e. The molecule has 9 heteroatoms. The summed E-state index contributed by atoms with van der Waals surface area (Å²) >= 11 is 1.64. The number of rotatable bonds is 6. The zero-order chi connectivity index (χ0) is 19.9. The van der Waals surface area contributed by atoms with Crippen LogP contribution in [0.15, 0.2) is 28.7 Å². The Morgan fingerprint density at radius 1 is 1.39 bits per heavy atom. The summed E-state index contributed by atoms with van der Waals surface area (Å²) in [6.45, 7) is 5.90. The summed E-state index contributed by atoms with van der Waals surface area (Å²) in [5.41, 5.74) is 2.17. The molecule has 28 heavy (non-hydrogen) atoms. The van der Waals surface area contributed by atoms with Gasteiger partial charge in [0.05, 0.1) is 24.9 Å². The van der Waals surface area contributed by atoms with Gasteiger partial charge in [0.2, 0.25) is 0 Å². The maximum Gasteiger partial charge on any atom is 0.191 e. The van der Waals surface area contributed by atoms with Gasteiger partial charge in [-0.15, -0.1) is 11.3 Å². The van der Waals surface area contributed by atoms with Crippen molar-refractivity contribution in [3.63, 3.8) is 0 Å². The van der Waals surface area contributed by atoms with Gasteiger partial charge in [-0.1, -0.05) is 0 Å². The molecule has 0 radical (unpaired) electrons. The minimum atomic E-state index is 0.235. The molecule has 1 unspecified atom stereocenters. The van der Waals surface area contributed by atoms with Crippen LogP contribution in [0, 0.1) is 0 Å². The molecule has 1 atom stereocenters. The number of pyridine rings is 1. The summed E-state index contributed by atoms with van der Waals surface area (Å²) in [5.74, 6) is 1.74. The van der Waals surface area contributed by atoms with Crippen molar-refractivity contribution in [2.75, 3.05) is 50.6 Å². The normalized spacial score (nSPS) is 17.5. The number of nitrogens with zero attached hydrogens (tertiary/aromatic N) is 5. The molecule has 1 saturated heterocycles. The number of morpholine rings is 1.